The number of amides is 1. The van der Waals surface area contributed by atoms with Crippen LogP contribution < -0.4 is 5.32 Å². The summed E-state index contributed by atoms with van der Waals surface area (Å²) in [6.45, 7) is 1.13. The third kappa shape index (κ3) is 4.18. The van der Waals surface area contributed by atoms with Crippen molar-refractivity contribution in [3.05, 3.63) is 28.2 Å². The van der Waals surface area contributed by atoms with E-state index in [0.717, 1.165) is 17.4 Å². The number of nitrogens with one attached hydrogen (secondary N) is 1. The lowest BCUT2D eigenvalue weighted by Gasteiger charge is -2.23. The molecule has 2 aromatic heterocycles. The van der Waals surface area contributed by atoms with Crippen LogP contribution in [0.5, 0.6) is 0 Å². The number of carbonyl (C=O) groups excluding carboxylic acids is 1. The van der Waals surface area contributed by atoms with Gasteiger partial charge in [-0.3, -0.25) is 4.79 Å². The third-order valence-corrected chi connectivity index (χ3v) is 5.09. The highest BCUT2D eigenvalue weighted by atomic mass is 32.1. The van der Waals surface area contributed by atoms with Gasteiger partial charge in [-0.1, -0.05) is 19.3 Å². The maximum Gasteiger partial charge on any atom is 0.271 e. The number of carbonyl (C=O) groups is 1. The van der Waals surface area contributed by atoms with Gasteiger partial charge in [0.25, 0.3) is 5.91 Å². The first kappa shape index (κ1) is 17.0. The summed E-state index contributed by atoms with van der Waals surface area (Å²) in [5, 5.41) is 13.9. The van der Waals surface area contributed by atoms with Gasteiger partial charge in [-0.25, -0.2) is 4.98 Å². The molecule has 0 radical (unpaired) electrons. The fourth-order valence-corrected chi connectivity index (χ4v) is 3.96. The molecule has 0 bridgehead atoms. The monoisotopic (exact) mass is 348 g/mol. The highest BCUT2D eigenvalue weighted by molar-refractivity contribution is 7.09. The lowest BCUT2D eigenvalue weighted by molar-refractivity contribution is 0.0944. The van der Waals surface area contributed by atoms with Gasteiger partial charge in [0, 0.05) is 18.0 Å². The largest absolute Gasteiger partial charge is 0.343 e. The van der Waals surface area contributed by atoms with E-state index < -0.39 is 0 Å². The molecule has 1 saturated carbocycles. The van der Waals surface area contributed by atoms with E-state index in [4.69, 9.17) is 0 Å². The number of hydrogen-bond acceptors (Lipinski definition) is 6. The number of aromatic nitrogens is 4. The molecule has 8 heteroatoms. The van der Waals surface area contributed by atoms with Crippen molar-refractivity contribution in [2.75, 3.05) is 14.1 Å². The fraction of sp³-hybridized carbons (Fsp3) is 0.625. The van der Waals surface area contributed by atoms with Crippen LogP contribution in [0.4, 0.5) is 0 Å². The van der Waals surface area contributed by atoms with E-state index in [-0.39, 0.29) is 5.91 Å². The second-order valence-corrected chi connectivity index (χ2v) is 7.44. The minimum atomic E-state index is -0.158. The van der Waals surface area contributed by atoms with Crippen molar-refractivity contribution in [1.29, 1.82) is 0 Å². The molecule has 1 amide bonds. The molecule has 0 spiro atoms. The normalized spacial score (nSPS) is 15.8. The quantitative estimate of drug-likeness (QED) is 0.866. The van der Waals surface area contributed by atoms with E-state index in [2.05, 4.69) is 25.1 Å². The first-order chi connectivity index (χ1) is 11.6. The Kier molecular flexibility index (Phi) is 5.57. The summed E-state index contributed by atoms with van der Waals surface area (Å²) in [5.41, 5.74) is 0.473. The summed E-state index contributed by atoms with van der Waals surface area (Å²) in [7, 11) is 3.97. The highest BCUT2D eigenvalue weighted by Gasteiger charge is 2.19. The van der Waals surface area contributed by atoms with E-state index in [1.165, 1.54) is 43.4 Å². The third-order valence-electron chi connectivity index (χ3n) is 4.26. The number of rotatable bonds is 6. The van der Waals surface area contributed by atoms with Crippen molar-refractivity contribution < 1.29 is 4.79 Å². The van der Waals surface area contributed by atoms with Crippen molar-refractivity contribution >= 4 is 17.2 Å². The average molecular weight is 348 g/mol. The predicted molar refractivity (Wildman–Crippen MR) is 92.8 cm³/mol. The molecule has 1 aliphatic rings. The van der Waals surface area contributed by atoms with Crippen LogP contribution in [0.2, 0.25) is 0 Å². The summed E-state index contributed by atoms with van der Waals surface area (Å²) >= 11 is 1.51. The Bertz CT molecular complexity index is 674. The predicted octanol–water partition coefficient (Wildman–Crippen LogP) is 2.23. The van der Waals surface area contributed by atoms with Gasteiger partial charge in [-0.15, -0.1) is 21.5 Å². The zero-order valence-corrected chi connectivity index (χ0v) is 15.1. The van der Waals surface area contributed by atoms with Crippen molar-refractivity contribution in [3.63, 3.8) is 0 Å². The average Bonchev–Trinajstić information content (AvgIpc) is 3.22. The standard InChI is InChI=1S/C16H24N6OS/c1-21(2)9-15-19-13(10-24-15)16(23)17-8-14-20-18-11-22(14)12-6-4-3-5-7-12/h10-12H,3-9H2,1-2H3,(H,17,23). The van der Waals surface area contributed by atoms with Crippen molar-refractivity contribution in [3.8, 4) is 0 Å². The Morgan fingerprint density at radius 3 is 2.92 bits per heavy atom. The lowest BCUT2D eigenvalue weighted by Crippen LogP contribution is -2.26. The summed E-state index contributed by atoms with van der Waals surface area (Å²) < 4.78 is 2.12. The molecule has 7 nitrogen and oxygen atoms in total. The molecule has 0 atom stereocenters. The Hall–Kier alpha value is -1.80. The van der Waals surface area contributed by atoms with Crippen LogP contribution in [0.25, 0.3) is 0 Å². The van der Waals surface area contributed by atoms with Crippen LogP contribution in [-0.2, 0) is 13.1 Å². The summed E-state index contributed by atoms with van der Waals surface area (Å²) in [6, 6.07) is 0.464. The summed E-state index contributed by atoms with van der Waals surface area (Å²) in [5.74, 6) is 0.661. The molecule has 0 saturated heterocycles. The van der Waals surface area contributed by atoms with Gasteiger partial charge in [0.15, 0.2) is 5.82 Å². The molecule has 1 aliphatic carbocycles. The van der Waals surface area contributed by atoms with E-state index in [9.17, 15) is 4.79 Å². The number of hydrogen-bond donors (Lipinski definition) is 1. The number of nitrogens with zero attached hydrogens (tertiary/aromatic N) is 5. The molecule has 130 valence electrons. The van der Waals surface area contributed by atoms with E-state index in [1.54, 1.807) is 11.7 Å². The van der Waals surface area contributed by atoms with Gasteiger partial charge in [-0.05, 0) is 26.9 Å². The van der Waals surface area contributed by atoms with Crippen LogP contribution in [0, 0.1) is 0 Å². The topological polar surface area (TPSA) is 75.9 Å². The summed E-state index contributed by atoms with van der Waals surface area (Å²) in [4.78, 5) is 18.7. The highest BCUT2D eigenvalue weighted by Crippen LogP contribution is 2.28. The zero-order chi connectivity index (χ0) is 16.9. The Morgan fingerprint density at radius 1 is 1.38 bits per heavy atom. The van der Waals surface area contributed by atoms with Gasteiger partial charge >= 0.3 is 0 Å². The first-order valence-corrected chi connectivity index (χ1v) is 9.27. The SMILES string of the molecule is CN(C)Cc1nc(C(=O)NCc2nncn2C2CCCCC2)cs1. The fourth-order valence-electron chi connectivity index (χ4n) is 3.07. The molecule has 0 aromatic carbocycles. The first-order valence-electron chi connectivity index (χ1n) is 8.39. The molecule has 24 heavy (non-hydrogen) atoms. The number of thiazole rings is 1. The van der Waals surface area contributed by atoms with Gasteiger partial charge < -0.3 is 14.8 Å². The van der Waals surface area contributed by atoms with Crippen molar-refractivity contribution in [2.45, 2.75) is 51.2 Å². The van der Waals surface area contributed by atoms with Crippen LogP contribution in [0.1, 0.15) is 59.5 Å². The van der Waals surface area contributed by atoms with E-state index in [1.807, 2.05) is 19.0 Å². The Balaban J connectivity index is 1.58. The van der Waals surface area contributed by atoms with Gasteiger partial charge in [-0.2, -0.15) is 0 Å². The molecule has 2 heterocycles. The molecular weight excluding hydrogens is 324 g/mol. The molecule has 3 rings (SSSR count). The smallest absolute Gasteiger partial charge is 0.271 e. The van der Waals surface area contributed by atoms with Crippen LogP contribution in [0.15, 0.2) is 11.7 Å². The van der Waals surface area contributed by atoms with Gasteiger partial charge in [0.2, 0.25) is 0 Å². The zero-order valence-electron chi connectivity index (χ0n) is 14.2. The maximum absolute atomic E-state index is 12.3. The Morgan fingerprint density at radius 2 is 2.17 bits per heavy atom. The molecule has 2 aromatic rings. The molecular formula is C16H24N6OS. The van der Waals surface area contributed by atoms with Crippen molar-refractivity contribution in [2.24, 2.45) is 0 Å². The minimum absolute atomic E-state index is 0.158. The minimum Gasteiger partial charge on any atom is -0.343 e. The van der Waals surface area contributed by atoms with Gasteiger partial charge in [0.1, 0.15) is 17.0 Å². The van der Waals surface area contributed by atoms with Crippen LogP contribution >= 0.6 is 11.3 Å². The summed E-state index contributed by atoms with van der Waals surface area (Å²) in [6.07, 6.45) is 7.93. The molecule has 0 aliphatic heterocycles. The maximum atomic E-state index is 12.3. The molecule has 0 unspecified atom stereocenters. The molecule has 1 fully saturated rings. The second kappa shape index (κ2) is 7.85. The van der Waals surface area contributed by atoms with Crippen LogP contribution in [-0.4, -0.2) is 44.7 Å². The van der Waals surface area contributed by atoms with E-state index >= 15 is 0 Å². The lowest BCUT2D eigenvalue weighted by atomic mass is 9.95. The second-order valence-electron chi connectivity index (χ2n) is 6.49. The Labute approximate surface area is 146 Å². The van der Waals surface area contributed by atoms with Crippen LogP contribution in [0.3, 0.4) is 0 Å². The molecule has 1 N–H and O–H groups in total. The van der Waals surface area contributed by atoms with E-state index in [0.29, 0.717) is 18.3 Å². The van der Waals surface area contributed by atoms with Crippen molar-refractivity contribution in [1.82, 2.24) is 30.0 Å². The van der Waals surface area contributed by atoms with Gasteiger partial charge in [0.05, 0.1) is 6.54 Å².